The number of para-hydroxylation sites is 1. The van der Waals surface area contributed by atoms with Gasteiger partial charge in [0.1, 0.15) is 5.69 Å². The van der Waals surface area contributed by atoms with Crippen molar-refractivity contribution >= 4 is 12.0 Å². The molecule has 1 aliphatic rings. The first kappa shape index (κ1) is 19.6. The van der Waals surface area contributed by atoms with E-state index < -0.39 is 0 Å². The molecule has 0 saturated heterocycles. The molecule has 158 valence electrons. The minimum absolute atomic E-state index is 0.202. The highest BCUT2D eigenvalue weighted by Gasteiger charge is 2.14. The van der Waals surface area contributed by atoms with Crippen molar-refractivity contribution in [3.8, 4) is 28.4 Å². The minimum atomic E-state index is -0.202. The summed E-state index contributed by atoms with van der Waals surface area (Å²) in [5.41, 5.74) is 4.32. The quantitative estimate of drug-likeness (QED) is 0.474. The Kier molecular flexibility index (Phi) is 5.36. The van der Waals surface area contributed by atoms with E-state index in [1.54, 1.807) is 23.2 Å². The Bertz CT molecular complexity index is 1270. The first-order valence-corrected chi connectivity index (χ1v) is 10.2. The number of aromatic nitrogens is 3. The molecule has 0 bridgehead atoms. The summed E-state index contributed by atoms with van der Waals surface area (Å²) in [6, 6.07) is 19.3. The molecule has 2 aromatic carbocycles. The number of amides is 1. The van der Waals surface area contributed by atoms with E-state index in [-0.39, 0.29) is 12.7 Å². The maximum Gasteiger partial charge on any atom is 0.244 e. The third-order valence-corrected chi connectivity index (χ3v) is 5.02. The Balaban J connectivity index is 1.34. The van der Waals surface area contributed by atoms with Gasteiger partial charge in [-0.1, -0.05) is 24.3 Å². The van der Waals surface area contributed by atoms with E-state index in [2.05, 4.69) is 10.3 Å². The molecule has 0 fully saturated rings. The SMILES string of the molecule is O=C(/C=C/c1cn(-c2ccccc2)nc1-c1cccnc1)NCc1ccc2c(c1)OCO2. The molecule has 0 spiro atoms. The molecular weight excluding hydrogens is 404 g/mol. The number of hydrogen-bond acceptors (Lipinski definition) is 5. The lowest BCUT2D eigenvalue weighted by atomic mass is 10.1. The van der Waals surface area contributed by atoms with Gasteiger partial charge in [-0.05, 0) is 48.0 Å². The van der Waals surface area contributed by atoms with E-state index in [1.165, 1.54) is 6.08 Å². The monoisotopic (exact) mass is 424 g/mol. The molecule has 1 N–H and O–H groups in total. The van der Waals surface area contributed by atoms with E-state index in [0.29, 0.717) is 12.3 Å². The summed E-state index contributed by atoms with van der Waals surface area (Å²) in [6.45, 7) is 0.613. The number of benzene rings is 2. The Hall–Kier alpha value is -4.39. The first-order chi connectivity index (χ1) is 15.8. The van der Waals surface area contributed by atoms with Crippen molar-refractivity contribution < 1.29 is 14.3 Å². The average Bonchev–Trinajstić information content (AvgIpc) is 3.49. The molecule has 7 heteroatoms. The Labute approximate surface area is 184 Å². The van der Waals surface area contributed by atoms with Gasteiger partial charge in [0, 0.05) is 42.3 Å². The van der Waals surface area contributed by atoms with Crippen molar-refractivity contribution in [1.82, 2.24) is 20.1 Å². The zero-order valence-corrected chi connectivity index (χ0v) is 17.1. The summed E-state index contributed by atoms with van der Waals surface area (Å²) >= 11 is 0. The molecule has 4 aromatic rings. The number of fused-ring (bicyclic) bond motifs is 1. The van der Waals surface area contributed by atoms with Gasteiger partial charge in [0.2, 0.25) is 12.7 Å². The Morgan fingerprint density at radius 1 is 1.06 bits per heavy atom. The molecule has 0 radical (unpaired) electrons. The molecule has 0 aliphatic carbocycles. The minimum Gasteiger partial charge on any atom is -0.454 e. The van der Waals surface area contributed by atoms with Crippen molar-refractivity contribution in [3.05, 3.63) is 96.5 Å². The molecule has 0 saturated carbocycles. The molecule has 0 atom stereocenters. The van der Waals surface area contributed by atoms with Crippen LogP contribution in [0.15, 0.2) is 85.3 Å². The van der Waals surface area contributed by atoms with E-state index in [1.807, 2.05) is 66.9 Å². The zero-order chi connectivity index (χ0) is 21.8. The van der Waals surface area contributed by atoms with Gasteiger partial charge >= 0.3 is 0 Å². The highest BCUT2D eigenvalue weighted by molar-refractivity contribution is 5.92. The van der Waals surface area contributed by atoms with Crippen LogP contribution < -0.4 is 14.8 Å². The van der Waals surface area contributed by atoms with Crippen molar-refractivity contribution in [3.63, 3.8) is 0 Å². The molecule has 7 nitrogen and oxygen atoms in total. The number of ether oxygens (including phenoxy) is 2. The van der Waals surface area contributed by atoms with Crippen molar-refractivity contribution in [2.45, 2.75) is 6.54 Å². The van der Waals surface area contributed by atoms with Crippen LogP contribution in [0.3, 0.4) is 0 Å². The lowest BCUT2D eigenvalue weighted by molar-refractivity contribution is -0.116. The number of rotatable bonds is 6. The first-order valence-electron chi connectivity index (χ1n) is 10.2. The van der Waals surface area contributed by atoms with Crippen LogP contribution in [-0.4, -0.2) is 27.5 Å². The third kappa shape index (κ3) is 4.22. The van der Waals surface area contributed by atoms with E-state index in [4.69, 9.17) is 14.6 Å². The molecule has 0 unspecified atom stereocenters. The van der Waals surface area contributed by atoms with Crippen LogP contribution in [0.25, 0.3) is 23.0 Å². The zero-order valence-electron chi connectivity index (χ0n) is 17.1. The van der Waals surface area contributed by atoms with Gasteiger partial charge in [-0.3, -0.25) is 9.78 Å². The second-order valence-corrected chi connectivity index (χ2v) is 7.19. The molecule has 1 aliphatic heterocycles. The summed E-state index contributed by atoms with van der Waals surface area (Å²) in [5.74, 6) is 1.22. The Morgan fingerprint density at radius 2 is 1.94 bits per heavy atom. The fraction of sp³-hybridized carbons (Fsp3) is 0.0800. The standard InChI is InChI=1S/C25H20N4O3/c30-24(27-14-18-8-10-22-23(13-18)32-17-31-22)11-9-20-16-29(21-6-2-1-3-7-21)28-25(20)19-5-4-12-26-15-19/h1-13,15-16H,14,17H2,(H,27,30)/b11-9+. The number of hydrogen-bond donors (Lipinski definition) is 1. The maximum atomic E-state index is 12.5. The predicted octanol–water partition coefficient (Wildman–Crippen LogP) is 3.99. The van der Waals surface area contributed by atoms with Crippen LogP contribution in [0, 0.1) is 0 Å². The number of nitrogens with zero attached hydrogens (tertiary/aromatic N) is 3. The molecule has 2 aromatic heterocycles. The van der Waals surface area contributed by atoms with Crippen LogP contribution in [0.5, 0.6) is 11.5 Å². The molecular formula is C25H20N4O3. The van der Waals surface area contributed by atoms with Gasteiger partial charge in [-0.15, -0.1) is 0 Å². The second-order valence-electron chi connectivity index (χ2n) is 7.19. The summed E-state index contributed by atoms with van der Waals surface area (Å²) in [6.07, 6.45) is 8.66. The third-order valence-electron chi connectivity index (χ3n) is 5.02. The van der Waals surface area contributed by atoms with Gasteiger partial charge in [0.05, 0.1) is 5.69 Å². The highest BCUT2D eigenvalue weighted by Crippen LogP contribution is 2.32. The van der Waals surface area contributed by atoms with E-state index in [0.717, 1.165) is 33.8 Å². The van der Waals surface area contributed by atoms with E-state index >= 15 is 0 Å². The number of carbonyl (C=O) groups excluding carboxylic acids is 1. The van der Waals surface area contributed by atoms with Crippen LogP contribution in [0.1, 0.15) is 11.1 Å². The number of nitrogens with one attached hydrogen (secondary N) is 1. The number of carbonyl (C=O) groups is 1. The smallest absolute Gasteiger partial charge is 0.244 e. The molecule has 32 heavy (non-hydrogen) atoms. The fourth-order valence-corrected chi connectivity index (χ4v) is 3.41. The summed E-state index contributed by atoms with van der Waals surface area (Å²) in [5, 5.41) is 7.62. The topological polar surface area (TPSA) is 78.3 Å². The average molecular weight is 424 g/mol. The fourth-order valence-electron chi connectivity index (χ4n) is 3.41. The van der Waals surface area contributed by atoms with Gasteiger partial charge in [-0.25, -0.2) is 4.68 Å². The summed E-state index contributed by atoms with van der Waals surface area (Å²) in [4.78, 5) is 16.6. The van der Waals surface area contributed by atoms with Gasteiger partial charge < -0.3 is 14.8 Å². The maximum absolute atomic E-state index is 12.5. The van der Waals surface area contributed by atoms with Crippen molar-refractivity contribution in [1.29, 1.82) is 0 Å². The summed E-state index contributed by atoms with van der Waals surface area (Å²) < 4.78 is 12.5. The van der Waals surface area contributed by atoms with E-state index in [9.17, 15) is 4.79 Å². The predicted molar refractivity (Wildman–Crippen MR) is 120 cm³/mol. The van der Waals surface area contributed by atoms with Crippen LogP contribution in [0.2, 0.25) is 0 Å². The molecule has 3 heterocycles. The largest absolute Gasteiger partial charge is 0.454 e. The highest BCUT2D eigenvalue weighted by atomic mass is 16.7. The second kappa shape index (κ2) is 8.77. The Morgan fingerprint density at radius 3 is 2.78 bits per heavy atom. The summed E-state index contributed by atoms with van der Waals surface area (Å²) in [7, 11) is 0. The molecule has 5 rings (SSSR count). The van der Waals surface area contributed by atoms with Gasteiger partial charge in [-0.2, -0.15) is 5.10 Å². The molecule has 1 amide bonds. The lowest BCUT2D eigenvalue weighted by Gasteiger charge is -2.04. The van der Waals surface area contributed by atoms with Crippen LogP contribution in [0.4, 0.5) is 0 Å². The van der Waals surface area contributed by atoms with Crippen LogP contribution >= 0.6 is 0 Å². The van der Waals surface area contributed by atoms with Gasteiger partial charge in [0.15, 0.2) is 11.5 Å². The normalized spacial score (nSPS) is 12.2. The van der Waals surface area contributed by atoms with Crippen molar-refractivity contribution in [2.75, 3.05) is 6.79 Å². The van der Waals surface area contributed by atoms with Crippen LogP contribution in [-0.2, 0) is 11.3 Å². The van der Waals surface area contributed by atoms with Crippen molar-refractivity contribution in [2.24, 2.45) is 0 Å². The lowest BCUT2D eigenvalue weighted by Crippen LogP contribution is -2.20. The van der Waals surface area contributed by atoms with Gasteiger partial charge in [0.25, 0.3) is 0 Å². The number of pyridine rings is 1.